The van der Waals surface area contributed by atoms with Crippen LogP contribution in [-0.2, 0) is 0 Å². The molecule has 2 heterocycles. The number of hydrogen-bond acceptors (Lipinski definition) is 4. The lowest BCUT2D eigenvalue weighted by molar-refractivity contribution is 0.508. The summed E-state index contributed by atoms with van der Waals surface area (Å²) in [7, 11) is 0. The zero-order chi connectivity index (χ0) is 11.4. The summed E-state index contributed by atoms with van der Waals surface area (Å²) in [5.74, 6) is 5.61. The number of unbranched alkanes of at least 4 members (excludes halogenated alkanes) is 1. The highest BCUT2D eigenvalue weighted by Gasteiger charge is 2.12. The van der Waals surface area contributed by atoms with Gasteiger partial charge in [-0.05, 0) is 36.8 Å². The van der Waals surface area contributed by atoms with E-state index in [1.807, 2.05) is 17.4 Å². The smallest absolute Gasteiger partial charge is 0.0554 e. The molecule has 2 aromatic heterocycles. The molecule has 0 aromatic carbocycles. The van der Waals surface area contributed by atoms with Gasteiger partial charge in [0.2, 0.25) is 0 Å². The van der Waals surface area contributed by atoms with E-state index in [0.717, 1.165) is 19.3 Å². The van der Waals surface area contributed by atoms with Gasteiger partial charge in [-0.1, -0.05) is 6.08 Å². The Hall–Kier alpha value is -0.680. The SMILES string of the molecule is C=CCCCC(NN)c1cc2sccc2s1. The first kappa shape index (κ1) is 11.8. The maximum Gasteiger partial charge on any atom is 0.0554 e. The van der Waals surface area contributed by atoms with Crippen LogP contribution >= 0.6 is 22.7 Å². The molecule has 0 fully saturated rings. The van der Waals surface area contributed by atoms with Crippen LogP contribution in [0.4, 0.5) is 0 Å². The minimum Gasteiger partial charge on any atom is -0.271 e. The molecule has 3 N–H and O–H groups in total. The first-order chi connectivity index (χ1) is 7.85. The fourth-order valence-electron chi connectivity index (χ4n) is 1.73. The van der Waals surface area contributed by atoms with Crippen molar-refractivity contribution >= 4 is 32.1 Å². The number of hydrogen-bond donors (Lipinski definition) is 2. The van der Waals surface area contributed by atoms with Gasteiger partial charge in [0, 0.05) is 14.3 Å². The van der Waals surface area contributed by atoms with Gasteiger partial charge in [0.15, 0.2) is 0 Å². The molecule has 0 spiro atoms. The van der Waals surface area contributed by atoms with E-state index >= 15 is 0 Å². The Morgan fingerprint density at radius 3 is 3.06 bits per heavy atom. The topological polar surface area (TPSA) is 38.0 Å². The Bertz CT molecular complexity index is 430. The fourth-order valence-corrected chi connectivity index (χ4v) is 3.94. The first-order valence-corrected chi connectivity index (χ1v) is 7.08. The standard InChI is InChI=1S/C12H16N2S2/c1-2-3-4-5-9(14-13)11-8-12-10(16-11)6-7-15-12/h2,6-9,14H,1,3-5,13H2. The van der Waals surface area contributed by atoms with E-state index < -0.39 is 0 Å². The molecule has 2 aromatic rings. The van der Waals surface area contributed by atoms with E-state index in [0.29, 0.717) is 0 Å². The highest BCUT2D eigenvalue weighted by atomic mass is 32.1. The number of hydrazine groups is 1. The molecule has 0 saturated carbocycles. The van der Waals surface area contributed by atoms with Crippen LogP contribution in [0.3, 0.4) is 0 Å². The Morgan fingerprint density at radius 2 is 2.38 bits per heavy atom. The summed E-state index contributed by atoms with van der Waals surface area (Å²) in [4.78, 5) is 1.34. The lowest BCUT2D eigenvalue weighted by Crippen LogP contribution is -2.27. The van der Waals surface area contributed by atoms with E-state index in [4.69, 9.17) is 5.84 Å². The van der Waals surface area contributed by atoms with E-state index in [-0.39, 0.29) is 6.04 Å². The monoisotopic (exact) mass is 252 g/mol. The molecule has 0 saturated heterocycles. The molecule has 1 atom stereocenters. The van der Waals surface area contributed by atoms with Gasteiger partial charge >= 0.3 is 0 Å². The van der Waals surface area contributed by atoms with Crippen LogP contribution in [0, 0.1) is 0 Å². The number of nitrogens with one attached hydrogen (secondary N) is 1. The van der Waals surface area contributed by atoms with Crippen molar-refractivity contribution < 1.29 is 0 Å². The van der Waals surface area contributed by atoms with E-state index in [1.165, 1.54) is 14.3 Å². The quantitative estimate of drug-likeness (QED) is 0.355. The molecule has 0 aliphatic heterocycles. The van der Waals surface area contributed by atoms with Gasteiger partial charge in [0.1, 0.15) is 0 Å². The van der Waals surface area contributed by atoms with Gasteiger partial charge in [-0.2, -0.15) is 0 Å². The van der Waals surface area contributed by atoms with Crippen molar-refractivity contribution in [3.8, 4) is 0 Å². The maximum atomic E-state index is 5.61. The predicted molar refractivity (Wildman–Crippen MR) is 73.8 cm³/mol. The van der Waals surface area contributed by atoms with Crippen LogP contribution in [-0.4, -0.2) is 0 Å². The molecule has 0 aliphatic rings. The molecule has 0 bridgehead atoms. The molecular formula is C12H16N2S2. The minimum absolute atomic E-state index is 0.282. The van der Waals surface area contributed by atoms with Crippen molar-refractivity contribution in [1.82, 2.24) is 5.43 Å². The van der Waals surface area contributed by atoms with Gasteiger partial charge in [-0.25, -0.2) is 0 Å². The second-order valence-electron chi connectivity index (χ2n) is 3.74. The van der Waals surface area contributed by atoms with Crippen molar-refractivity contribution in [3.63, 3.8) is 0 Å². The number of thiophene rings is 2. The number of fused-ring (bicyclic) bond motifs is 1. The van der Waals surface area contributed by atoms with Crippen LogP contribution < -0.4 is 11.3 Å². The van der Waals surface area contributed by atoms with Crippen LogP contribution in [0.1, 0.15) is 30.2 Å². The Balaban J connectivity index is 2.08. The molecule has 2 rings (SSSR count). The lowest BCUT2D eigenvalue weighted by atomic mass is 10.1. The van der Waals surface area contributed by atoms with E-state index in [2.05, 4.69) is 29.5 Å². The van der Waals surface area contributed by atoms with Gasteiger partial charge in [0.25, 0.3) is 0 Å². The molecule has 16 heavy (non-hydrogen) atoms. The Morgan fingerprint density at radius 1 is 1.50 bits per heavy atom. The zero-order valence-electron chi connectivity index (χ0n) is 9.11. The third-order valence-electron chi connectivity index (χ3n) is 2.60. The highest BCUT2D eigenvalue weighted by molar-refractivity contribution is 7.26. The van der Waals surface area contributed by atoms with Gasteiger partial charge in [0.05, 0.1) is 6.04 Å². The second kappa shape index (κ2) is 5.59. The summed E-state index contributed by atoms with van der Waals surface area (Å²) in [6, 6.07) is 4.71. The molecule has 0 aliphatic carbocycles. The third kappa shape index (κ3) is 2.52. The van der Waals surface area contributed by atoms with Crippen LogP contribution in [0.5, 0.6) is 0 Å². The number of rotatable bonds is 6. The summed E-state index contributed by atoms with van der Waals surface area (Å²) >= 11 is 3.63. The van der Waals surface area contributed by atoms with Crippen molar-refractivity contribution in [2.24, 2.45) is 5.84 Å². The molecule has 0 amide bonds. The molecule has 1 unspecified atom stereocenters. The largest absolute Gasteiger partial charge is 0.271 e. The summed E-state index contributed by atoms with van der Waals surface area (Å²) in [6.07, 6.45) is 5.21. The average Bonchev–Trinajstić information content (AvgIpc) is 2.84. The van der Waals surface area contributed by atoms with E-state index in [9.17, 15) is 0 Å². The number of nitrogens with two attached hydrogens (primary N) is 1. The summed E-state index contributed by atoms with van der Waals surface area (Å²) in [5, 5.41) is 2.13. The lowest BCUT2D eigenvalue weighted by Gasteiger charge is -2.12. The van der Waals surface area contributed by atoms with Crippen molar-refractivity contribution in [2.75, 3.05) is 0 Å². The minimum atomic E-state index is 0.282. The second-order valence-corrected chi connectivity index (χ2v) is 5.80. The van der Waals surface area contributed by atoms with Crippen molar-refractivity contribution in [2.45, 2.75) is 25.3 Å². The molecule has 2 nitrogen and oxygen atoms in total. The van der Waals surface area contributed by atoms with E-state index in [1.54, 1.807) is 11.3 Å². The molecular weight excluding hydrogens is 236 g/mol. The van der Waals surface area contributed by atoms with Gasteiger partial charge in [-0.3, -0.25) is 11.3 Å². The van der Waals surface area contributed by atoms with Crippen molar-refractivity contribution in [1.29, 1.82) is 0 Å². The summed E-state index contributed by atoms with van der Waals surface area (Å²) in [5.41, 5.74) is 2.91. The molecule has 4 heteroatoms. The van der Waals surface area contributed by atoms with Gasteiger partial charge in [-0.15, -0.1) is 29.3 Å². The van der Waals surface area contributed by atoms with Crippen molar-refractivity contribution in [3.05, 3.63) is 35.0 Å². The number of allylic oxidation sites excluding steroid dienone is 1. The first-order valence-electron chi connectivity index (χ1n) is 5.39. The summed E-state index contributed by atoms with van der Waals surface area (Å²) < 4.78 is 2.73. The Labute approximate surface area is 104 Å². The highest BCUT2D eigenvalue weighted by Crippen LogP contribution is 2.34. The molecule has 86 valence electrons. The van der Waals surface area contributed by atoms with Gasteiger partial charge < -0.3 is 0 Å². The average molecular weight is 252 g/mol. The van der Waals surface area contributed by atoms with Crippen LogP contribution in [0.25, 0.3) is 9.40 Å². The zero-order valence-corrected chi connectivity index (χ0v) is 10.7. The third-order valence-corrected chi connectivity index (χ3v) is 4.81. The summed E-state index contributed by atoms with van der Waals surface area (Å²) in [6.45, 7) is 3.74. The van der Waals surface area contributed by atoms with Crippen LogP contribution in [0.2, 0.25) is 0 Å². The normalized spacial score (nSPS) is 13.1. The fraction of sp³-hybridized carbons (Fsp3) is 0.333. The molecule has 0 radical (unpaired) electrons. The van der Waals surface area contributed by atoms with Crippen LogP contribution in [0.15, 0.2) is 30.2 Å². The Kier molecular flexibility index (Phi) is 4.12. The predicted octanol–water partition coefficient (Wildman–Crippen LogP) is 3.82. The maximum absolute atomic E-state index is 5.61.